The van der Waals surface area contributed by atoms with Gasteiger partial charge in [-0.05, 0) is 43.6 Å². The van der Waals surface area contributed by atoms with Crippen molar-refractivity contribution in [3.63, 3.8) is 0 Å². The smallest absolute Gasteiger partial charge is 0.00690 e. The largest absolute Gasteiger partial charge is 0.330 e. The van der Waals surface area contributed by atoms with Crippen molar-refractivity contribution in [2.24, 2.45) is 17.1 Å². The van der Waals surface area contributed by atoms with Crippen LogP contribution in [0.25, 0.3) is 0 Å². The molecule has 0 amide bonds. The summed E-state index contributed by atoms with van der Waals surface area (Å²) in [5, 5.41) is 0. The van der Waals surface area contributed by atoms with Gasteiger partial charge >= 0.3 is 0 Å². The second-order valence-corrected chi connectivity index (χ2v) is 3.76. The zero-order valence-electron chi connectivity index (χ0n) is 6.34. The van der Waals surface area contributed by atoms with Gasteiger partial charge in [0.05, 0.1) is 0 Å². The lowest BCUT2D eigenvalue weighted by Gasteiger charge is -2.21. The first-order chi connectivity index (χ1) is 4.85. The lowest BCUT2D eigenvalue weighted by Crippen LogP contribution is -2.16. The van der Waals surface area contributed by atoms with Gasteiger partial charge in [-0.15, -0.1) is 0 Å². The first-order valence-electron chi connectivity index (χ1n) is 4.24. The van der Waals surface area contributed by atoms with E-state index in [2.05, 4.69) is 12.2 Å². The fourth-order valence-corrected chi connectivity index (χ4v) is 2.45. The first-order valence-corrected chi connectivity index (χ1v) is 4.24. The summed E-state index contributed by atoms with van der Waals surface area (Å²) in [4.78, 5) is 0. The second kappa shape index (κ2) is 2.09. The monoisotopic (exact) mass is 137 g/mol. The van der Waals surface area contributed by atoms with E-state index in [1.165, 1.54) is 25.7 Å². The van der Waals surface area contributed by atoms with Crippen molar-refractivity contribution in [2.45, 2.75) is 25.7 Å². The lowest BCUT2D eigenvalue weighted by atomic mass is 9.84. The zero-order valence-corrected chi connectivity index (χ0v) is 6.34. The van der Waals surface area contributed by atoms with Crippen LogP contribution in [-0.4, -0.2) is 6.54 Å². The molecular weight excluding hydrogens is 122 g/mol. The van der Waals surface area contributed by atoms with Crippen molar-refractivity contribution >= 4 is 0 Å². The molecular formula is C9H15N. The molecule has 0 radical (unpaired) electrons. The van der Waals surface area contributed by atoms with Crippen LogP contribution in [0.15, 0.2) is 12.2 Å². The number of hydrogen-bond acceptors (Lipinski definition) is 1. The Labute approximate surface area is 62.3 Å². The maximum absolute atomic E-state index is 5.55. The Balaban J connectivity index is 2.09. The van der Waals surface area contributed by atoms with Gasteiger partial charge in [-0.1, -0.05) is 12.2 Å². The normalized spacial score (nSPS) is 43.1. The van der Waals surface area contributed by atoms with Crippen molar-refractivity contribution in [3.8, 4) is 0 Å². The van der Waals surface area contributed by atoms with Gasteiger partial charge in [0.25, 0.3) is 0 Å². The second-order valence-electron chi connectivity index (χ2n) is 3.76. The van der Waals surface area contributed by atoms with E-state index < -0.39 is 0 Å². The van der Waals surface area contributed by atoms with Crippen LogP contribution in [0.1, 0.15) is 25.7 Å². The molecule has 0 aromatic heterocycles. The molecule has 2 bridgehead atoms. The topological polar surface area (TPSA) is 26.0 Å². The number of fused-ring (bicyclic) bond motifs is 2. The molecule has 0 aromatic carbocycles. The Morgan fingerprint density at radius 1 is 1.60 bits per heavy atom. The van der Waals surface area contributed by atoms with Crippen LogP contribution >= 0.6 is 0 Å². The molecule has 10 heavy (non-hydrogen) atoms. The van der Waals surface area contributed by atoms with Crippen LogP contribution in [0, 0.1) is 11.3 Å². The van der Waals surface area contributed by atoms with Gasteiger partial charge in [-0.2, -0.15) is 0 Å². The van der Waals surface area contributed by atoms with Crippen molar-refractivity contribution in [2.75, 3.05) is 6.54 Å². The summed E-state index contributed by atoms with van der Waals surface area (Å²) in [7, 11) is 0. The molecule has 2 unspecified atom stereocenters. The minimum absolute atomic E-state index is 0.555. The van der Waals surface area contributed by atoms with Crippen molar-refractivity contribution in [1.82, 2.24) is 0 Å². The van der Waals surface area contributed by atoms with Crippen LogP contribution < -0.4 is 5.73 Å². The number of nitrogens with two attached hydrogens (primary N) is 1. The van der Waals surface area contributed by atoms with Gasteiger partial charge in [-0.3, -0.25) is 0 Å². The van der Waals surface area contributed by atoms with E-state index in [9.17, 15) is 0 Å². The summed E-state index contributed by atoms with van der Waals surface area (Å²) >= 11 is 0. The third-order valence-corrected chi connectivity index (χ3v) is 3.05. The van der Waals surface area contributed by atoms with Crippen LogP contribution in [0.2, 0.25) is 0 Å². The molecule has 0 aromatic rings. The average Bonchev–Trinajstić information content (AvgIpc) is 2.46. The molecule has 0 heterocycles. The van der Waals surface area contributed by atoms with Crippen molar-refractivity contribution in [1.29, 1.82) is 0 Å². The molecule has 0 spiro atoms. The maximum atomic E-state index is 5.55. The minimum atomic E-state index is 0.555. The average molecular weight is 137 g/mol. The van der Waals surface area contributed by atoms with Gasteiger partial charge in [0.2, 0.25) is 0 Å². The summed E-state index contributed by atoms with van der Waals surface area (Å²) in [6.07, 6.45) is 10.2. The van der Waals surface area contributed by atoms with Crippen molar-refractivity contribution < 1.29 is 0 Å². The molecule has 2 N–H and O–H groups in total. The minimum Gasteiger partial charge on any atom is -0.330 e. The van der Waals surface area contributed by atoms with E-state index in [1.54, 1.807) is 0 Å². The fraction of sp³-hybridized carbons (Fsp3) is 0.778. The van der Waals surface area contributed by atoms with E-state index in [4.69, 9.17) is 5.73 Å². The molecule has 2 atom stereocenters. The number of hydrogen-bond donors (Lipinski definition) is 1. The summed E-state index contributed by atoms with van der Waals surface area (Å²) < 4.78 is 0. The highest BCUT2D eigenvalue weighted by atomic mass is 14.6. The SMILES string of the molecule is NCCC12C=CC(CC1)C2. The fourth-order valence-electron chi connectivity index (χ4n) is 2.45. The summed E-state index contributed by atoms with van der Waals surface area (Å²) in [6.45, 7) is 0.858. The predicted octanol–water partition coefficient (Wildman–Crippen LogP) is 1.69. The van der Waals surface area contributed by atoms with Crippen LogP contribution in [0.3, 0.4) is 0 Å². The van der Waals surface area contributed by atoms with E-state index in [1.807, 2.05) is 0 Å². The van der Waals surface area contributed by atoms with E-state index in [0.717, 1.165) is 12.5 Å². The summed E-state index contributed by atoms with van der Waals surface area (Å²) in [5.74, 6) is 0.909. The van der Waals surface area contributed by atoms with Gasteiger partial charge in [-0.25, -0.2) is 0 Å². The van der Waals surface area contributed by atoms with Crippen LogP contribution in [-0.2, 0) is 0 Å². The van der Waals surface area contributed by atoms with Gasteiger partial charge < -0.3 is 5.73 Å². The molecule has 0 aliphatic heterocycles. The number of allylic oxidation sites excluding steroid dienone is 2. The maximum Gasteiger partial charge on any atom is -0.00690 e. The molecule has 56 valence electrons. The third kappa shape index (κ3) is 0.807. The Morgan fingerprint density at radius 3 is 2.90 bits per heavy atom. The van der Waals surface area contributed by atoms with Crippen molar-refractivity contribution in [3.05, 3.63) is 12.2 Å². The predicted molar refractivity (Wildman–Crippen MR) is 42.6 cm³/mol. The van der Waals surface area contributed by atoms with Gasteiger partial charge in [0.1, 0.15) is 0 Å². The molecule has 2 aliphatic carbocycles. The third-order valence-electron chi connectivity index (χ3n) is 3.05. The molecule has 1 nitrogen and oxygen atoms in total. The Morgan fingerprint density at radius 2 is 2.50 bits per heavy atom. The molecule has 1 saturated carbocycles. The van der Waals surface area contributed by atoms with Gasteiger partial charge in [0, 0.05) is 0 Å². The van der Waals surface area contributed by atoms with Crippen LogP contribution in [0.4, 0.5) is 0 Å². The van der Waals surface area contributed by atoms with Gasteiger partial charge in [0.15, 0.2) is 0 Å². The molecule has 2 rings (SSSR count). The van der Waals surface area contributed by atoms with E-state index in [-0.39, 0.29) is 0 Å². The Hall–Kier alpha value is -0.300. The molecule has 2 aliphatic rings. The molecule has 1 heteroatoms. The highest BCUT2D eigenvalue weighted by Gasteiger charge is 2.39. The zero-order chi connectivity index (χ0) is 7.03. The summed E-state index contributed by atoms with van der Waals surface area (Å²) in [5.41, 5.74) is 6.11. The van der Waals surface area contributed by atoms with E-state index >= 15 is 0 Å². The Kier molecular flexibility index (Phi) is 1.34. The highest BCUT2D eigenvalue weighted by molar-refractivity contribution is 5.15. The standard InChI is InChI=1S/C9H15N/c10-6-5-9-3-1-8(7-9)2-4-9/h1,3,8H,2,4-7,10H2. The first kappa shape index (κ1) is 6.41. The molecule has 0 saturated heterocycles. The molecule has 1 fully saturated rings. The van der Waals surface area contributed by atoms with Crippen LogP contribution in [0.5, 0.6) is 0 Å². The summed E-state index contributed by atoms with van der Waals surface area (Å²) in [6, 6.07) is 0. The lowest BCUT2D eigenvalue weighted by molar-refractivity contribution is 0.376. The quantitative estimate of drug-likeness (QED) is 0.576. The number of rotatable bonds is 2. The van der Waals surface area contributed by atoms with E-state index in [0.29, 0.717) is 5.41 Å². The Bertz CT molecular complexity index is 162. The highest BCUT2D eigenvalue weighted by Crippen LogP contribution is 2.50.